The summed E-state index contributed by atoms with van der Waals surface area (Å²) in [5, 5.41) is 7.64. The smallest absolute Gasteiger partial charge is 0.302 e. The Morgan fingerprint density at radius 1 is 1.15 bits per heavy atom. The third-order valence-corrected chi connectivity index (χ3v) is 3.13. The molecule has 0 fully saturated rings. The van der Waals surface area contributed by atoms with E-state index in [1.807, 2.05) is 49.5 Å². The zero-order valence-electron chi connectivity index (χ0n) is 11.0. The Hall–Kier alpha value is -2.82. The van der Waals surface area contributed by atoms with Gasteiger partial charge in [0.25, 0.3) is 0 Å². The fourth-order valence-electron chi connectivity index (χ4n) is 2.10. The summed E-state index contributed by atoms with van der Waals surface area (Å²) in [6, 6.07) is 15.5. The van der Waals surface area contributed by atoms with Crippen molar-refractivity contribution in [1.29, 1.82) is 5.41 Å². The van der Waals surface area contributed by atoms with E-state index in [1.165, 1.54) is 0 Å². The molecule has 0 spiro atoms. The second-order valence-corrected chi connectivity index (χ2v) is 4.45. The van der Waals surface area contributed by atoms with Crippen molar-refractivity contribution in [2.75, 3.05) is 11.9 Å². The lowest BCUT2D eigenvalue weighted by Crippen LogP contribution is -2.18. The molecule has 2 aromatic carbocycles. The number of rotatable bonds is 3. The van der Waals surface area contributed by atoms with Crippen LogP contribution in [0.3, 0.4) is 0 Å². The molecule has 5 heteroatoms. The van der Waals surface area contributed by atoms with Gasteiger partial charge in [0.2, 0.25) is 0 Å². The number of fused-ring (bicyclic) bond motifs is 1. The number of hydrogen-bond donors (Lipinski definition) is 2. The molecule has 3 N–H and O–H groups in total. The number of aromatic nitrogens is 1. The number of amidine groups is 1. The van der Waals surface area contributed by atoms with Crippen LogP contribution in [-0.4, -0.2) is 17.9 Å². The van der Waals surface area contributed by atoms with E-state index >= 15 is 0 Å². The molecule has 1 aromatic heterocycles. The molecule has 0 bridgehead atoms. The zero-order valence-corrected chi connectivity index (χ0v) is 11.0. The van der Waals surface area contributed by atoms with Gasteiger partial charge >= 0.3 is 6.01 Å². The van der Waals surface area contributed by atoms with Gasteiger partial charge in [-0.15, -0.1) is 0 Å². The summed E-state index contributed by atoms with van der Waals surface area (Å²) >= 11 is 0. The van der Waals surface area contributed by atoms with Crippen molar-refractivity contribution in [2.24, 2.45) is 5.73 Å². The van der Waals surface area contributed by atoms with Crippen molar-refractivity contribution in [3.63, 3.8) is 0 Å². The highest BCUT2D eigenvalue weighted by molar-refractivity contribution is 6.01. The Morgan fingerprint density at radius 3 is 2.60 bits per heavy atom. The van der Waals surface area contributed by atoms with Gasteiger partial charge in [0.05, 0.1) is 5.69 Å². The van der Waals surface area contributed by atoms with Gasteiger partial charge in [0.1, 0.15) is 11.4 Å². The topological polar surface area (TPSA) is 79.1 Å². The molecule has 0 amide bonds. The van der Waals surface area contributed by atoms with Gasteiger partial charge < -0.3 is 10.2 Å². The van der Waals surface area contributed by atoms with Gasteiger partial charge in [0.15, 0.2) is 5.58 Å². The van der Waals surface area contributed by atoms with Crippen molar-refractivity contribution in [1.82, 2.24) is 4.98 Å². The summed E-state index contributed by atoms with van der Waals surface area (Å²) < 4.78 is 5.72. The largest absolute Gasteiger partial charge is 0.423 e. The molecule has 100 valence electrons. The van der Waals surface area contributed by atoms with Crippen molar-refractivity contribution in [3.05, 3.63) is 54.1 Å². The van der Waals surface area contributed by atoms with Gasteiger partial charge in [-0.3, -0.25) is 10.3 Å². The first-order valence-corrected chi connectivity index (χ1v) is 6.19. The van der Waals surface area contributed by atoms with Crippen molar-refractivity contribution < 1.29 is 4.42 Å². The van der Waals surface area contributed by atoms with E-state index < -0.39 is 0 Å². The first-order valence-electron chi connectivity index (χ1n) is 6.19. The number of nitrogen functional groups attached to an aromatic ring is 1. The lowest BCUT2D eigenvalue weighted by atomic mass is 10.1. The second kappa shape index (κ2) is 4.70. The molecule has 0 aliphatic heterocycles. The van der Waals surface area contributed by atoms with Crippen LogP contribution in [0.5, 0.6) is 0 Å². The highest BCUT2D eigenvalue weighted by atomic mass is 16.4. The molecule has 0 saturated carbocycles. The normalized spacial score (nSPS) is 10.7. The molecular formula is C15H14N4O. The van der Waals surface area contributed by atoms with E-state index in [1.54, 1.807) is 11.0 Å². The summed E-state index contributed by atoms with van der Waals surface area (Å²) in [5.41, 5.74) is 8.58. The highest BCUT2D eigenvalue weighted by Crippen LogP contribution is 2.28. The van der Waals surface area contributed by atoms with Crippen molar-refractivity contribution in [2.45, 2.75) is 0 Å². The Labute approximate surface area is 116 Å². The average Bonchev–Trinajstić information content (AvgIpc) is 2.90. The summed E-state index contributed by atoms with van der Waals surface area (Å²) in [6.07, 6.45) is 0. The first-order chi connectivity index (χ1) is 9.66. The molecule has 3 aromatic rings. The van der Waals surface area contributed by atoms with Crippen LogP contribution >= 0.6 is 0 Å². The molecule has 0 aliphatic rings. The van der Waals surface area contributed by atoms with Gasteiger partial charge in [0, 0.05) is 12.6 Å². The number of hydrogen-bond acceptors (Lipinski definition) is 4. The van der Waals surface area contributed by atoms with E-state index in [0.29, 0.717) is 11.6 Å². The summed E-state index contributed by atoms with van der Waals surface area (Å²) in [6.45, 7) is 0. The van der Waals surface area contributed by atoms with E-state index in [0.717, 1.165) is 16.8 Å². The Morgan fingerprint density at radius 2 is 1.85 bits per heavy atom. The van der Waals surface area contributed by atoms with Gasteiger partial charge in [-0.1, -0.05) is 24.3 Å². The van der Waals surface area contributed by atoms with Crippen LogP contribution in [0.2, 0.25) is 0 Å². The van der Waals surface area contributed by atoms with E-state index in [9.17, 15) is 0 Å². The van der Waals surface area contributed by atoms with Crippen LogP contribution in [0.1, 0.15) is 5.56 Å². The highest BCUT2D eigenvalue weighted by Gasteiger charge is 2.15. The van der Waals surface area contributed by atoms with Crippen LogP contribution in [-0.2, 0) is 0 Å². The fraction of sp³-hybridized carbons (Fsp3) is 0.0667. The second-order valence-electron chi connectivity index (χ2n) is 4.45. The predicted octanol–water partition coefficient (Wildman–Crippen LogP) is 2.88. The van der Waals surface area contributed by atoms with E-state index in [4.69, 9.17) is 15.6 Å². The van der Waals surface area contributed by atoms with Gasteiger partial charge in [-0.2, -0.15) is 4.98 Å². The predicted molar refractivity (Wildman–Crippen MR) is 79.5 cm³/mol. The molecule has 0 atom stereocenters. The van der Waals surface area contributed by atoms with Gasteiger partial charge in [-0.25, -0.2) is 0 Å². The van der Waals surface area contributed by atoms with Crippen LogP contribution in [0.4, 0.5) is 11.7 Å². The molecule has 20 heavy (non-hydrogen) atoms. The lowest BCUT2D eigenvalue weighted by molar-refractivity contribution is 0.603. The maximum Gasteiger partial charge on any atom is 0.302 e. The molecular weight excluding hydrogens is 252 g/mol. The van der Waals surface area contributed by atoms with E-state index in [-0.39, 0.29) is 5.84 Å². The Kier molecular flexibility index (Phi) is 2.87. The quantitative estimate of drug-likeness (QED) is 0.564. The third-order valence-electron chi connectivity index (χ3n) is 3.13. The summed E-state index contributed by atoms with van der Waals surface area (Å²) in [7, 11) is 1.84. The van der Waals surface area contributed by atoms with E-state index in [2.05, 4.69) is 4.98 Å². The lowest BCUT2D eigenvalue weighted by Gasteiger charge is -2.17. The standard InChI is InChI=1S/C15H14N4O/c1-19(12-8-4-2-6-10(12)14(16)17)15-18-11-7-3-5-9-13(11)20-15/h2-9H,1H3,(H3,16,17). The van der Waals surface area contributed by atoms with Crippen LogP contribution < -0.4 is 10.6 Å². The number of anilines is 2. The van der Waals surface area contributed by atoms with Crippen LogP contribution in [0.25, 0.3) is 11.1 Å². The third kappa shape index (κ3) is 1.99. The monoisotopic (exact) mass is 266 g/mol. The number of nitrogens with zero attached hydrogens (tertiary/aromatic N) is 2. The first kappa shape index (κ1) is 12.2. The molecule has 0 aliphatic carbocycles. The number of nitrogens with one attached hydrogen (secondary N) is 1. The number of nitrogens with two attached hydrogens (primary N) is 1. The van der Waals surface area contributed by atoms with Gasteiger partial charge in [-0.05, 0) is 24.3 Å². The molecule has 0 radical (unpaired) electrons. The van der Waals surface area contributed by atoms with Crippen LogP contribution in [0.15, 0.2) is 52.9 Å². The van der Waals surface area contributed by atoms with Crippen molar-refractivity contribution >= 4 is 28.6 Å². The maximum atomic E-state index is 7.64. The Balaban J connectivity index is 2.08. The maximum absolute atomic E-state index is 7.64. The average molecular weight is 266 g/mol. The zero-order chi connectivity index (χ0) is 14.1. The number of para-hydroxylation sites is 3. The fourth-order valence-corrected chi connectivity index (χ4v) is 2.10. The van der Waals surface area contributed by atoms with Crippen molar-refractivity contribution in [3.8, 4) is 0 Å². The molecule has 0 saturated heterocycles. The summed E-state index contributed by atoms with van der Waals surface area (Å²) in [4.78, 5) is 6.23. The molecule has 1 heterocycles. The minimum atomic E-state index is 0.0172. The number of oxazole rings is 1. The molecule has 5 nitrogen and oxygen atoms in total. The Bertz CT molecular complexity index is 745. The summed E-state index contributed by atoms with van der Waals surface area (Å²) in [5.74, 6) is 0.0172. The minimum Gasteiger partial charge on any atom is -0.423 e. The SMILES string of the molecule is CN(c1nc2ccccc2o1)c1ccccc1C(=N)N. The minimum absolute atomic E-state index is 0.0172. The molecule has 3 rings (SSSR count). The number of benzene rings is 2. The molecule has 0 unspecified atom stereocenters. The van der Waals surface area contributed by atoms with Crippen LogP contribution in [0, 0.1) is 5.41 Å².